The molecule has 3 aromatic heterocycles. The number of aliphatic imine (C=N–C) groups is 1. The molecule has 3 N–H and O–H groups in total. The molecule has 0 bridgehead atoms. The molecule has 0 aliphatic heterocycles. The van der Waals surface area contributed by atoms with Gasteiger partial charge in [0.25, 0.3) is 0 Å². The molecule has 9 nitrogen and oxygen atoms in total. The van der Waals surface area contributed by atoms with Gasteiger partial charge in [-0.1, -0.05) is 0 Å². The molecule has 0 saturated heterocycles. The third kappa shape index (κ3) is 3.16. The summed E-state index contributed by atoms with van der Waals surface area (Å²) in [5.74, 6) is -1.79. The summed E-state index contributed by atoms with van der Waals surface area (Å²) in [4.78, 5) is 26.2. The molecular formula is C14H12FN7O2. The third-order valence-electron chi connectivity index (χ3n) is 3.13. The highest BCUT2D eigenvalue weighted by Crippen LogP contribution is 2.18. The lowest BCUT2D eigenvalue weighted by Gasteiger charge is -2.01. The number of carboxylic acid groups (broad SMARTS) is 1. The highest BCUT2D eigenvalue weighted by atomic mass is 19.1. The number of fused-ring (bicyclic) bond motifs is 1. The van der Waals surface area contributed by atoms with Crippen LogP contribution in [0.5, 0.6) is 0 Å². The standard InChI is InChI=1S/C14H12FN7O2/c15-9-1-10-12(13(16)19-5-11(23)24)21-22(14(10)20-4-9)6-8-2-17-7-18-3-8/h1-4,7H,5-6H2,(H2,16,19)(H,23,24). The molecular weight excluding hydrogens is 317 g/mol. The lowest BCUT2D eigenvalue weighted by Crippen LogP contribution is -2.17. The van der Waals surface area contributed by atoms with Gasteiger partial charge >= 0.3 is 5.97 Å². The van der Waals surface area contributed by atoms with Gasteiger partial charge in [0.2, 0.25) is 0 Å². The number of nitrogens with zero attached hydrogens (tertiary/aromatic N) is 6. The van der Waals surface area contributed by atoms with Gasteiger partial charge in [0.15, 0.2) is 5.65 Å². The topological polar surface area (TPSA) is 132 Å². The number of hydrogen-bond donors (Lipinski definition) is 2. The fourth-order valence-electron chi connectivity index (χ4n) is 2.15. The predicted octanol–water partition coefficient (Wildman–Crippen LogP) is 0.199. The maximum absolute atomic E-state index is 13.5. The minimum atomic E-state index is -1.13. The minimum Gasteiger partial charge on any atom is -0.480 e. The molecule has 3 rings (SSSR count). The summed E-state index contributed by atoms with van der Waals surface area (Å²) < 4.78 is 15.0. The van der Waals surface area contributed by atoms with Crippen molar-refractivity contribution in [3.05, 3.63) is 48.1 Å². The number of rotatable bonds is 5. The van der Waals surface area contributed by atoms with Crippen molar-refractivity contribution in [3.8, 4) is 0 Å². The van der Waals surface area contributed by atoms with Crippen LogP contribution in [0.3, 0.4) is 0 Å². The van der Waals surface area contributed by atoms with Gasteiger partial charge in [-0.2, -0.15) is 5.10 Å². The zero-order chi connectivity index (χ0) is 17.1. The first-order chi connectivity index (χ1) is 11.5. The van der Waals surface area contributed by atoms with E-state index in [2.05, 4.69) is 25.0 Å². The maximum atomic E-state index is 13.5. The minimum absolute atomic E-state index is 0.0992. The van der Waals surface area contributed by atoms with Gasteiger partial charge in [-0.05, 0) is 6.07 Å². The van der Waals surface area contributed by atoms with E-state index in [-0.39, 0.29) is 11.5 Å². The Balaban J connectivity index is 2.07. The average molecular weight is 329 g/mol. The summed E-state index contributed by atoms with van der Waals surface area (Å²) in [5, 5.41) is 13.3. The Morgan fingerprint density at radius 1 is 1.33 bits per heavy atom. The number of aromatic nitrogens is 5. The Labute approximate surface area is 134 Å². The van der Waals surface area contributed by atoms with Gasteiger partial charge in [0.1, 0.15) is 30.2 Å². The van der Waals surface area contributed by atoms with Crippen molar-refractivity contribution in [1.29, 1.82) is 0 Å². The van der Waals surface area contributed by atoms with Gasteiger partial charge in [-0.3, -0.25) is 9.79 Å². The first kappa shape index (κ1) is 15.5. The normalized spacial score (nSPS) is 11.8. The fourth-order valence-corrected chi connectivity index (χ4v) is 2.15. The molecule has 0 saturated carbocycles. The Morgan fingerprint density at radius 2 is 2.08 bits per heavy atom. The molecule has 0 unspecified atom stereocenters. The quantitative estimate of drug-likeness (QED) is 0.504. The zero-order valence-electron chi connectivity index (χ0n) is 12.3. The van der Waals surface area contributed by atoms with Crippen molar-refractivity contribution in [1.82, 2.24) is 24.7 Å². The second-order valence-corrected chi connectivity index (χ2v) is 4.87. The van der Waals surface area contributed by atoms with E-state index in [1.807, 2.05) is 0 Å². The summed E-state index contributed by atoms with van der Waals surface area (Å²) in [6.07, 6.45) is 5.70. The lowest BCUT2D eigenvalue weighted by atomic mass is 10.2. The van der Waals surface area contributed by atoms with Crippen LogP contribution in [-0.2, 0) is 11.3 Å². The van der Waals surface area contributed by atoms with Crippen molar-refractivity contribution < 1.29 is 14.3 Å². The van der Waals surface area contributed by atoms with Crippen molar-refractivity contribution in [2.45, 2.75) is 6.54 Å². The maximum Gasteiger partial charge on any atom is 0.325 e. The molecule has 0 aliphatic rings. The summed E-state index contributed by atoms with van der Waals surface area (Å²) >= 11 is 0. The number of nitrogens with two attached hydrogens (primary N) is 1. The zero-order valence-corrected chi connectivity index (χ0v) is 12.3. The van der Waals surface area contributed by atoms with Crippen molar-refractivity contribution in [2.75, 3.05) is 6.54 Å². The number of pyridine rings is 1. The van der Waals surface area contributed by atoms with Gasteiger partial charge in [0, 0.05) is 18.0 Å². The van der Waals surface area contributed by atoms with Gasteiger partial charge in [0.05, 0.1) is 18.1 Å². The molecule has 10 heteroatoms. The van der Waals surface area contributed by atoms with Crippen LogP contribution in [0.15, 0.2) is 36.0 Å². The molecule has 0 atom stereocenters. The van der Waals surface area contributed by atoms with E-state index in [0.29, 0.717) is 17.6 Å². The Kier molecular flexibility index (Phi) is 4.10. The van der Waals surface area contributed by atoms with E-state index in [4.69, 9.17) is 10.8 Å². The van der Waals surface area contributed by atoms with Crippen molar-refractivity contribution in [2.24, 2.45) is 10.7 Å². The van der Waals surface area contributed by atoms with Crippen molar-refractivity contribution in [3.63, 3.8) is 0 Å². The highest BCUT2D eigenvalue weighted by Gasteiger charge is 2.16. The largest absolute Gasteiger partial charge is 0.480 e. The summed E-state index contributed by atoms with van der Waals surface area (Å²) in [5.41, 5.74) is 7.13. The molecule has 0 aliphatic carbocycles. The first-order valence-corrected chi connectivity index (χ1v) is 6.82. The van der Waals surface area contributed by atoms with Gasteiger partial charge in [-0.25, -0.2) is 24.0 Å². The van der Waals surface area contributed by atoms with Crippen LogP contribution in [0.2, 0.25) is 0 Å². The molecule has 3 aromatic rings. The summed E-state index contributed by atoms with van der Waals surface area (Å²) in [6.45, 7) is -0.211. The highest BCUT2D eigenvalue weighted by molar-refractivity contribution is 6.06. The van der Waals surface area contributed by atoms with E-state index in [0.717, 1.165) is 11.8 Å². The molecule has 122 valence electrons. The number of amidine groups is 1. The van der Waals surface area contributed by atoms with Crippen LogP contribution in [-0.4, -0.2) is 48.2 Å². The monoisotopic (exact) mass is 329 g/mol. The Bertz CT molecular complexity index is 924. The smallest absolute Gasteiger partial charge is 0.325 e. The molecule has 0 spiro atoms. The van der Waals surface area contributed by atoms with Crippen LogP contribution in [0.1, 0.15) is 11.3 Å². The summed E-state index contributed by atoms with van der Waals surface area (Å²) in [6, 6.07) is 1.23. The molecule has 3 heterocycles. The number of hydrogen-bond acceptors (Lipinski definition) is 6. The number of carboxylic acids is 1. The van der Waals surface area contributed by atoms with E-state index >= 15 is 0 Å². The Hall–Kier alpha value is -3.43. The molecule has 0 radical (unpaired) electrons. The molecule has 0 fully saturated rings. The fraction of sp³-hybridized carbons (Fsp3) is 0.143. The predicted molar refractivity (Wildman–Crippen MR) is 81.8 cm³/mol. The van der Waals surface area contributed by atoms with Crippen LogP contribution < -0.4 is 5.73 Å². The lowest BCUT2D eigenvalue weighted by molar-refractivity contribution is -0.135. The molecule has 24 heavy (non-hydrogen) atoms. The van der Waals surface area contributed by atoms with Gasteiger partial charge in [-0.15, -0.1) is 0 Å². The second kappa shape index (κ2) is 6.36. The van der Waals surface area contributed by atoms with E-state index in [9.17, 15) is 9.18 Å². The SMILES string of the molecule is NC(=NCC(=O)O)c1nn(Cc2cncnc2)c2ncc(F)cc12. The number of aliphatic carboxylic acids is 1. The average Bonchev–Trinajstić information content (AvgIpc) is 2.91. The third-order valence-corrected chi connectivity index (χ3v) is 3.13. The summed E-state index contributed by atoms with van der Waals surface area (Å²) in [7, 11) is 0. The van der Waals surface area contributed by atoms with Gasteiger partial charge < -0.3 is 10.8 Å². The van der Waals surface area contributed by atoms with Crippen LogP contribution in [0.4, 0.5) is 4.39 Å². The Morgan fingerprint density at radius 3 is 2.79 bits per heavy atom. The first-order valence-electron chi connectivity index (χ1n) is 6.82. The molecule has 0 amide bonds. The van der Waals surface area contributed by atoms with Crippen LogP contribution in [0.25, 0.3) is 11.0 Å². The number of carbonyl (C=O) groups is 1. The van der Waals surface area contributed by atoms with E-state index in [1.54, 1.807) is 12.4 Å². The second-order valence-electron chi connectivity index (χ2n) is 4.87. The molecule has 0 aromatic carbocycles. The van der Waals surface area contributed by atoms with E-state index < -0.39 is 18.3 Å². The van der Waals surface area contributed by atoms with Crippen LogP contribution >= 0.6 is 0 Å². The van der Waals surface area contributed by atoms with Crippen LogP contribution in [0, 0.1) is 5.82 Å². The van der Waals surface area contributed by atoms with E-state index in [1.165, 1.54) is 17.1 Å². The van der Waals surface area contributed by atoms with Crippen molar-refractivity contribution >= 4 is 22.8 Å². The number of halogens is 1.